The van der Waals surface area contributed by atoms with Crippen molar-refractivity contribution in [1.82, 2.24) is 5.32 Å². The smallest absolute Gasteiger partial charge is 0.253 e. The highest BCUT2D eigenvalue weighted by atomic mass is 19.1. The molecule has 1 aromatic carbocycles. The van der Waals surface area contributed by atoms with Crippen molar-refractivity contribution in [2.75, 3.05) is 5.73 Å². The molecule has 1 saturated carbocycles. The third kappa shape index (κ3) is 3.46. The Balaban J connectivity index is 1.98. The molecule has 0 spiro atoms. The lowest BCUT2D eigenvalue weighted by Crippen LogP contribution is -2.39. The fraction of sp³-hybridized carbons (Fsp3) is 0.533. The Morgan fingerprint density at radius 1 is 1.37 bits per heavy atom. The van der Waals surface area contributed by atoms with Crippen molar-refractivity contribution >= 4 is 11.6 Å². The predicted octanol–water partition coefficient (Wildman–Crippen LogP) is 3.11. The van der Waals surface area contributed by atoms with E-state index < -0.39 is 5.82 Å². The van der Waals surface area contributed by atoms with E-state index in [2.05, 4.69) is 19.2 Å². The lowest BCUT2D eigenvalue weighted by Gasteiger charge is -2.34. The van der Waals surface area contributed by atoms with Gasteiger partial charge < -0.3 is 11.1 Å². The number of carbonyl (C=O) groups excluding carboxylic acids is 1. The van der Waals surface area contributed by atoms with Crippen LogP contribution in [-0.4, -0.2) is 11.9 Å². The Labute approximate surface area is 113 Å². The molecule has 1 fully saturated rings. The van der Waals surface area contributed by atoms with E-state index in [1.807, 2.05) is 0 Å². The van der Waals surface area contributed by atoms with Gasteiger partial charge in [0, 0.05) is 11.7 Å². The van der Waals surface area contributed by atoms with Crippen LogP contribution in [-0.2, 0) is 0 Å². The lowest BCUT2D eigenvalue weighted by atomic mass is 9.75. The normalized spacial score (nSPS) is 19.1. The van der Waals surface area contributed by atoms with Gasteiger partial charge in [-0.2, -0.15) is 0 Å². The van der Waals surface area contributed by atoms with Crippen molar-refractivity contribution in [2.24, 2.45) is 5.41 Å². The summed E-state index contributed by atoms with van der Waals surface area (Å²) in [6.45, 7) is 4.51. The highest BCUT2D eigenvalue weighted by Crippen LogP contribution is 2.35. The van der Waals surface area contributed by atoms with Gasteiger partial charge >= 0.3 is 0 Å². The number of amides is 1. The second-order valence-electron chi connectivity index (χ2n) is 6.14. The first-order chi connectivity index (χ1) is 8.87. The molecule has 0 saturated heterocycles. The standard InChI is InChI=1S/C15H21FN2O/c1-15(2)7-5-11(6-8-15)18-14(19)12-4-3-10(16)9-13(12)17/h3-4,9,11H,5-8,17H2,1-2H3,(H,18,19). The van der Waals surface area contributed by atoms with Crippen molar-refractivity contribution in [1.29, 1.82) is 0 Å². The maximum atomic E-state index is 12.9. The average molecular weight is 264 g/mol. The van der Waals surface area contributed by atoms with Crippen molar-refractivity contribution in [3.05, 3.63) is 29.6 Å². The zero-order chi connectivity index (χ0) is 14.0. The van der Waals surface area contributed by atoms with Gasteiger partial charge in [-0.3, -0.25) is 4.79 Å². The summed E-state index contributed by atoms with van der Waals surface area (Å²) in [5.74, 6) is -0.629. The molecule has 104 valence electrons. The van der Waals surface area contributed by atoms with Crippen LogP contribution in [0, 0.1) is 11.2 Å². The number of carbonyl (C=O) groups is 1. The maximum Gasteiger partial charge on any atom is 0.253 e. The van der Waals surface area contributed by atoms with Gasteiger partial charge in [0.05, 0.1) is 5.56 Å². The zero-order valence-electron chi connectivity index (χ0n) is 11.5. The van der Waals surface area contributed by atoms with Crippen LogP contribution in [0.15, 0.2) is 18.2 Å². The number of nitrogen functional groups attached to an aromatic ring is 1. The highest BCUT2D eigenvalue weighted by Gasteiger charge is 2.27. The summed E-state index contributed by atoms with van der Waals surface area (Å²) in [6.07, 6.45) is 4.19. The predicted molar refractivity (Wildman–Crippen MR) is 74.3 cm³/mol. The lowest BCUT2D eigenvalue weighted by molar-refractivity contribution is 0.0910. The fourth-order valence-corrected chi connectivity index (χ4v) is 2.55. The summed E-state index contributed by atoms with van der Waals surface area (Å²) in [7, 11) is 0. The van der Waals surface area contributed by atoms with Gasteiger partial charge in [-0.15, -0.1) is 0 Å². The van der Waals surface area contributed by atoms with Gasteiger partial charge in [-0.25, -0.2) is 4.39 Å². The number of hydrogen-bond acceptors (Lipinski definition) is 2. The third-order valence-corrected chi connectivity index (χ3v) is 3.93. The molecule has 1 aliphatic rings. The molecule has 3 N–H and O–H groups in total. The van der Waals surface area contributed by atoms with Crippen molar-refractivity contribution in [3.63, 3.8) is 0 Å². The molecule has 1 aromatic rings. The molecule has 0 aromatic heterocycles. The molecular formula is C15H21FN2O. The molecule has 0 bridgehead atoms. The van der Waals surface area contributed by atoms with Crippen LogP contribution in [0.5, 0.6) is 0 Å². The number of hydrogen-bond donors (Lipinski definition) is 2. The van der Waals surface area contributed by atoms with Gasteiger partial charge in [-0.05, 0) is 49.3 Å². The Morgan fingerprint density at radius 3 is 2.58 bits per heavy atom. The number of benzene rings is 1. The molecular weight excluding hydrogens is 243 g/mol. The number of nitrogens with two attached hydrogens (primary N) is 1. The summed E-state index contributed by atoms with van der Waals surface area (Å²) < 4.78 is 12.9. The van der Waals surface area contributed by atoms with E-state index in [9.17, 15) is 9.18 Å². The van der Waals surface area contributed by atoms with Crippen LogP contribution in [0.3, 0.4) is 0 Å². The molecule has 3 nitrogen and oxygen atoms in total. The monoisotopic (exact) mass is 264 g/mol. The summed E-state index contributed by atoms with van der Waals surface area (Å²) >= 11 is 0. The second-order valence-corrected chi connectivity index (χ2v) is 6.14. The van der Waals surface area contributed by atoms with Gasteiger partial charge in [0.2, 0.25) is 0 Å². The molecule has 1 aliphatic carbocycles. The minimum Gasteiger partial charge on any atom is -0.398 e. The summed E-state index contributed by atoms with van der Waals surface area (Å²) in [5.41, 5.74) is 6.58. The minimum absolute atomic E-state index is 0.189. The van der Waals surface area contributed by atoms with E-state index in [-0.39, 0.29) is 17.6 Å². The van der Waals surface area contributed by atoms with Crippen LogP contribution in [0.1, 0.15) is 49.9 Å². The summed E-state index contributed by atoms with van der Waals surface area (Å²) in [5, 5.41) is 2.99. The number of anilines is 1. The summed E-state index contributed by atoms with van der Waals surface area (Å²) in [4.78, 5) is 12.1. The first-order valence-corrected chi connectivity index (χ1v) is 6.73. The molecule has 0 unspecified atom stereocenters. The van der Waals surface area contributed by atoms with Gasteiger partial charge in [-0.1, -0.05) is 13.8 Å². The van der Waals surface area contributed by atoms with Crippen LogP contribution in [0.2, 0.25) is 0 Å². The molecule has 0 heterocycles. The SMILES string of the molecule is CC1(C)CCC(NC(=O)c2ccc(F)cc2N)CC1. The number of halogens is 1. The average Bonchev–Trinajstić information content (AvgIpc) is 2.31. The minimum atomic E-state index is -0.423. The first kappa shape index (κ1) is 13.8. The topological polar surface area (TPSA) is 55.1 Å². The van der Waals surface area contributed by atoms with Crippen LogP contribution in [0.25, 0.3) is 0 Å². The molecule has 0 aliphatic heterocycles. The van der Waals surface area contributed by atoms with Crippen LogP contribution in [0.4, 0.5) is 10.1 Å². The van der Waals surface area contributed by atoms with E-state index in [1.165, 1.54) is 18.2 Å². The summed E-state index contributed by atoms with van der Waals surface area (Å²) in [6, 6.07) is 4.07. The highest BCUT2D eigenvalue weighted by molar-refractivity contribution is 5.99. The van der Waals surface area contributed by atoms with E-state index in [0.29, 0.717) is 11.0 Å². The van der Waals surface area contributed by atoms with Gasteiger partial charge in [0.25, 0.3) is 5.91 Å². The Morgan fingerprint density at radius 2 is 2.00 bits per heavy atom. The van der Waals surface area contributed by atoms with Gasteiger partial charge in [0.15, 0.2) is 0 Å². The molecule has 4 heteroatoms. The van der Waals surface area contributed by atoms with Crippen molar-refractivity contribution < 1.29 is 9.18 Å². The molecule has 19 heavy (non-hydrogen) atoms. The molecule has 0 radical (unpaired) electrons. The van der Waals surface area contributed by atoms with Crippen molar-refractivity contribution in [3.8, 4) is 0 Å². The van der Waals surface area contributed by atoms with Crippen molar-refractivity contribution in [2.45, 2.75) is 45.6 Å². The van der Waals surface area contributed by atoms with Gasteiger partial charge in [0.1, 0.15) is 5.82 Å². The Bertz CT molecular complexity index is 475. The Kier molecular flexibility index (Phi) is 3.78. The van der Waals surface area contributed by atoms with E-state index in [1.54, 1.807) is 0 Å². The molecule has 1 amide bonds. The number of nitrogens with one attached hydrogen (secondary N) is 1. The van der Waals surface area contributed by atoms with E-state index in [4.69, 9.17) is 5.73 Å². The fourth-order valence-electron chi connectivity index (χ4n) is 2.55. The van der Waals surface area contributed by atoms with Crippen LogP contribution >= 0.6 is 0 Å². The van der Waals surface area contributed by atoms with E-state index in [0.717, 1.165) is 25.7 Å². The van der Waals surface area contributed by atoms with E-state index >= 15 is 0 Å². The second kappa shape index (κ2) is 5.19. The third-order valence-electron chi connectivity index (χ3n) is 3.93. The van der Waals surface area contributed by atoms with Crippen LogP contribution < -0.4 is 11.1 Å². The quantitative estimate of drug-likeness (QED) is 0.806. The first-order valence-electron chi connectivity index (χ1n) is 6.73. The molecule has 2 rings (SSSR count). The Hall–Kier alpha value is -1.58. The molecule has 0 atom stereocenters. The maximum absolute atomic E-state index is 12.9. The largest absolute Gasteiger partial charge is 0.398 e. The zero-order valence-corrected chi connectivity index (χ0v) is 11.5. The number of rotatable bonds is 2.